The van der Waals surface area contributed by atoms with Gasteiger partial charge in [0.25, 0.3) is 0 Å². The summed E-state index contributed by atoms with van der Waals surface area (Å²) in [5, 5.41) is 0.0216. The molecule has 17 heavy (non-hydrogen) atoms. The Kier molecular flexibility index (Phi) is 3.54. The van der Waals surface area contributed by atoms with Gasteiger partial charge in [0.2, 0.25) is 0 Å². The molecule has 1 aromatic rings. The summed E-state index contributed by atoms with van der Waals surface area (Å²) in [5.74, 6) is -2.46. The summed E-state index contributed by atoms with van der Waals surface area (Å²) in [4.78, 5) is 23.6. The zero-order valence-corrected chi connectivity index (χ0v) is 9.67. The molecule has 1 aromatic carbocycles. The van der Waals surface area contributed by atoms with Gasteiger partial charge < -0.3 is 4.74 Å². The molecule has 1 fully saturated rings. The molecule has 2 rings (SSSR count). The Balaban J connectivity index is 2.33. The van der Waals surface area contributed by atoms with Crippen molar-refractivity contribution in [2.24, 2.45) is 5.92 Å². The van der Waals surface area contributed by atoms with Crippen molar-refractivity contribution in [2.45, 2.75) is 6.42 Å². The van der Waals surface area contributed by atoms with Gasteiger partial charge in [-0.3, -0.25) is 9.59 Å². The molecule has 90 valence electrons. The molecule has 5 heteroatoms. The SMILES string of the molecule is O=C1CCOCC1C(=O)c1c(F)cccc1Cl. The molecular weight excluding hydrogens is 247 g/mol. The van der Waals surface area contributed by atoms with Gasteiger partial charge in [-0.25, -0.2) is 4.39 Å². The highest BCUT2D eigenvalue weighted by Crippen LogP contribution is 2.24. The third-order valence-corrected chi connectivity index (χ3v) is 3.01. The summed E-state index contributed by atoms with van der Waals surface area (Å²) in [5.41, 5.74) is -0.224. The third kappa shape index (κ3) is 2.37. The number of benzene rings is 1. The summed E-state index contributed by atoms with van der Waals surface area (Å²) in [6, 6.07) is 3.98. The van der Waals surface area contributed by atoms with Crippen LogP contribution in [-0.2, 0) is 9.53 Å². The lowest BCUT2D eigenvalue weighted by Gasteiger charge is -2.20. The van der Waals surface area contributed by atoms with E-state index in [4.69, 9.17) is 16.3 Å². The third-order valence-electron chi connectivity index (χ3n) is 2.69. The first kappa shape index (κ1) is 12.2. The number of ether oxygens (including phenoxy) is 1. The summed E-state index contributed by atoms with van der Waals surface area (Å²) in [6.45, 7) is 0.315. The summed E-state index contributed by atoms with van der Waals surface area (Å²) >= 11 is 5.78. The average Bonchev–Trinajstić information content (AvgIpc) is 2.29. The fraction of sp³-hybridized carbons (Fsp3) is 0.333. The molecule has 1 heterocycles. The van der Waals surface area contributed by atoms with E-state index in [0.717, 1.165) is 6.07 Å². The molecule has 1 atom stereocenters. The highest BCUT2D eigenvalue weighted by atomic mass is 35.5. The van der Waals surface area contributed by atoms with Crippen molar-refractivity contribution in [3.63, 3.8) is 0 Å². The van der Waals surface area contributed by atoms with Gasteiger partial charge in [-0.1, -0.05) is 17.7 Å². The van der Waals surface area contributed by atoms with Gasteiger partial charge in [0.05, 0.1) is 23.8 Å². The van der Waals surface area contributed by atoms with E-state index in [-0.39, 0.29) is 29.4 Å². The topological polar surface area (TPSA) is 43.4 Å². The number of halogens is 2. The smallest absolute Gasteiger partial charge is 0.180 e. The molecule has 1 saturated heterocycles. The van der Waals surface area contributed by atoms with Crippen LogP contribution in [-0.4, -0.2) is 24.8 Å². The van der Waals surface area contributed by atoms with Gasteiger partial charge in [-0.15, -0.1) is 0 Å². The molecule has 0 spiro atoms. The second-order valence-electron chi connectivity index (χ2n) is 3.80. The van der Waals surface area contributed by atoms with Gasteiger partial charge in [-0.2, -0.15) is 0 Å². The molecular formula is C12H10ClFO3. The number of carbonyl (C=O) groups excluding carboxylic acids is 2. The molecule has 1 unspecified atom stereocenters. The summed E-state index contributed by atoms with van der Waals surface area (Å²) < 4.78 is 18.6. The van der Waals surface area contributed by atoms with Crippen molar-refractivity contribution in [3.05, 3.63) is 34.6 Å². The number of rotatable bonds is 2. The Morgan fingerprint density at radius 3 is 2.88 bits per heavy atom. The molecule has 3 nitrogen and oxygen atoms in total. The van der Waals surface area contributed by atoms with Crippen molar-refractivity contribution in [2.75, 3.05) is 13.2 Å². The number of ketones is 2. The van der Waals surface area contributed by atoms with Crippen LogP contribution in [0.25, 0.3) is 0 Å². The minimum absolute atomic E-state index is 0.00231. The zero-order valence-electron chi connectivity index (χ0n) is 8.91. The molecule has 0 amide bonds. The predicted octanol–water partition coefficient (Wildman–Crippen LogP) is 2.27. The maximum atomic E-state index is 13.5. The van der Waals surface area contributed by atoms with Crippen LogP contribution in [0.2, 0.25) is 5.02 Å². The van der Waals surface area contributed by atoms with E-state index in [2.05, 4.69) is 0 Å². The van der Waals surface area contributed by atoms with Crippen LogP contribution in [0.15, 0.2) is 18.2 Å². The Bertz CT molecular complexity index is 453. The summed E-state index contributed by atoms with van der Waals surface area (Å²) in [7, 11) is 0. The van der Waals surface area contributed by atoms with E-state index >= 15 is 0 Å². The average molecular weight is 257 g/mol. The number of hydrogen-bond acceptors (Lipinski definition) is 3. The van der Waals surface area contributed by atoms with E-state index < -0.39 is 17.5 Å². The van der Waals surface area contributed by atoms with Crippen LogP contribution in [0, 0.1) is 11.7 Å². The monoisotopic (exact) mass is 256 g/mol. The van der Waals surface area contributed by atoms with Gasteiger partial charge in [0, 0.05) is 6.42 Å². The van der Waals surface area contributed by atoms with E-state index in [1.54, 1.807) is 0 Å². The van der Waals surface area contributed by atoms with Crippen LogP contribution in [0.3, 0.4) is 0 Å². The number of hydrogen-bond donors (Lipinski definition) is 0. The molecule has 0 aromatic heterocycles. The lowest BCUT2D eigenvalue weighted by Crippen LogP contribution is -2.34. The van der Waals surface area contributed by atoms with Gasteiger partial charge in [-0.05, 0) is 12.1 Å². The van der Waals surface area contributed by atoms with Gasteiger partial charge in [0.15, 0.2) is 5.78 Å². The maximum absolute atomic E-state index is 13.5. The van der Waals surface area contributed by atoms with Crippen molar-refractivity contribution in [1.29, 1.82) is 0 Å². The quantitative estimate of drug-likeness (QED) is 0.602. The van der Waals surface area contributed by atoms with Crippen molar-refractivity contribution >= 4 is 23.2 Å². The van der Waals surface area contributed by atoms with Crippen LogP contribution in [0.4, 0.5) is 4.39 Å². The zero-order chi connectivity index (χ0) is 12.4. The molecule has 0 radical (unpaired) electrons. The van der Waals surface area contributed by atoms with Crippen LogP contribution in [0.1, 0.15) is 16.8 Å². The van der Waals surface area contributed by atoms with Gasteiger partial charge >= 0.3 is 0 Å². The lowest BCUT2D eigenvalue weighted by molar-refractivity contribution is -0.128. The standard InChI is InChI=1S/C12H10ClFO3/c13-8-2-1-3-9(14)11(8)12(16)7-6-17-5-4-10(7)15/h1-3,7H,4-6H2. The summed E-state index contributed by atoms with van der Waals surface area (Å²) in [6.07, 6.45) is 0.183. The highest BCUT2D eigenvalue weighted by molar-refractivity contribution is 6.34. The largest absolute Gasteiger partial charge is 0.380 e. The molecule has 0 bridgehead atoms. The minimum Gasteiger partial charge on any atom is -0.380 e. The Morgan fingerprint density at radius 2 is 2.24 bits per heavy atom. The lowest BCUT2D eigenvalue weighted by atomic mass is 9.91. The van der Waals surface area contributed by atoms with E-state index in [9.17, 15) is 14.0 Å². The van der Waals surface area contributed by atoms with Crippen LogP contribution in [0.5, 0.6) is 0 Å². The van der Waals surface area contributed by atoms with Crippen molar-refractivity contribution in [3.8, 4) is 0 Å². The van der Waals surface area contributed by atoms with E-state index in [0.29, 0.717) is 6.61 Å². The Labute approximate surface area is 103 Å². The van der Waals surface area contributed by atoms with Gasteiger partial charge in [0.1, 0.15) is 17.5 Å². The Hall–Kier alpha value is -1.26. The van der Waals surface area contributed by atoms with Crippen LogP contribution < -0.4 is 0 Å². The maximum Gasteiger partial charge on any atom is 0.180 e. The Morgan fingerprint density at radius 1 is 1.47 bits per heavy atom. The van der Waals surface area contributed by atoms with Crippen LogP contribution >= 0.6 is 11.6 Å². The second kappa shape index (κ2) is 4.94. The first-order valence-corrected chi connectivity index (χ1v) is 5.57. The number of carbonyl (C=O) groups is 2. The van der Waals surface area contributed by atoms with Crippen molar-refractivity contribution in [1.82, 2.24) is 0 Å². The first-order valence-electron chi connectivity index (χ1n) is 5.20. The predicted molar refractivity (Wildman–Crippen MR) is 59.7 cm³/mol. The van der Waals surface area contributed by atoms with E-state index in [1.807, 2.05) is 0 Å². The molecule has 0 aliphatic carbocycles. The molecule has 1 aliphatic rings. The van der Waals surface area contributed by atoms with Crippen molar-refractivity contribution < 1.29 is 18.7 Å². The first-order chi connectivity index (χ1) is 8.11. The molecule has 0 N–H and O–H groups in total. The molecule has 0 saturated carbocycles. The fourth-order valence-electron chi connectivity index (χ4n) is 1.77. The highest BCUT2D eigenvalue weighted by Gasteiger charge is 2.32. The van der Waals surface area contributed by atoms with E-state index in [1.165, 1.54) is 12.1 Å². The molecule has 1 aliphatic heterocycles. The normalized spacial score (nSPS) is 20.4. The minimum atomic E-state index is -0.932. The fourth-order valence-corrected chi connectivity index (χ4v) is 2.03. The second-order valence-corrected chi connectivity index (χ2v) is 4.21. The number of Topliss-reactive ketones (excluding diaryl/α,β-unsaturated/α-hetero) is 2.